The van der Waals surface area contributed by atoms with Gasteiger partial charge in [-0.2, -0.15) is 0 Å². The van der Waals surface area contributed by atoms with Gasteiger partial charge in [0.1, 0.15) is 0 Å². The van der Waals surface area contributed by atoms with Crippen LogP contribution in [0.15, 0.2) is 0 Å². The van der Waals surface area contributed by atoms with Crippen LogP contribution in [0.3, 0.4) is 0 Å². The lowest BCUT2D eigenvalue weighted by atomic mass is 9.94. The van der Waals surface area contributed by atoms with Gasteiger partial charge in [-0.15, -0.1) is 0 Å². The Bertz CT molecular complexity index is 133. The topological polar surface area (TPSA) is 57.5 Å². The van der Waals surface area contributed by atoms with Crippen LogP contribution in [0.5, 0.6) is 0 Å². The maximum absolute atomic E-state index is 10.5. The lowest BCUT2D eigenvalue weighted by Crippen LogP contribution is -2.37. The molecular weight excluding hydrogens is 144 g/mol. The van der Waals surface area contributed by atoms with Crippen molar-refractivity contribution in [2.24, 2.45) is 0 Å². The molecule has 66 valence electrons. The van der Waals surface area contributed by atoms with Crippen molar-refractivity contribution < 1.29 is 15.0 Å². The molecule has 0 aliphatic heterocycles. The van der Waals surface area contributed by atoms with E-state index in [1.807, 2.05) is 6.92 Å². The van der Waals surface area contributed by atoms with Gasteiger partial charge in [0.2, 0.25) is 0 Å². The van der Waals surface area contributed by atoms with Gasteiger partial charge in [-0.05, 0) is 12.8 Å². The summed E-state index contributed by atoms with van der Waals surface area (Å²) in [6, 6.07) is 0. The highest BCUT2D eigenvalue weighted by Crippen LogP contribution is 2.18. The van der Waals surface area contributed by atoms with Gasteiger partial charge in [-0.3, -0.25) is 0 Å². The molecule has 0 aliphatic rings. The molecular formula is C8H16O3. The van der Waals surface area contributed by atoms with Crippen molar-refractivity contribution in [3.8, 4) is 0 Å². The smallest absolute Gasteiger partial charge is 0.335 e. The Hall–Kier alpha value is -0.570. The summed E-state index contributed by atoms with van der Waals surface area (Å²) in [5.41, 5.74) is -1.49. The lowest BCUT2D eigenvalue weighted by Gasteiger charge is -2.20. The average molecular weight is 160 g/mol. The third-order valence-electron chi connectivity index (χ3n) is 1.93. The van der Waals surface area contributed by atoms with Crippen LogP contribution in [-0.4, -0.2) is 21.8 Å². The Morgan fingerprint density at radius 1 is 1.45 bits per heavy atom. The molecule has 1 atom stereocenters. The third-order valence-corrected chi connectivity index (χ3v) is 1.93. The number of aliphatic hydroxyl groups is 1. The summed E-state index contributed by atoms with van der Waals surface area (Å²) in [5.74, 6) is -1.10. The Morgan fingerprint density at radius 2 is 2.00 bits per heavy atom. The number of rotatable bonds is 5. The summed E-state index contributed by atoms with van der Waals surface area (Å²) < 4.78 is 0. The molecule has 0 spiro atoms. The molecule has 2 N–H and O–H groups in total. The van der Waals surface area contributed by atoms with Gasteiger partial charge in [0.15, 0.2) is 5.60 Å². The second kappa shape index (κ2) is 4.34. The molecule has 0 unspecified atom stereocenters. The molecule has 3 heteroatoms. The van der Waals surface area contributed by atoms with Crippen molar-refractivity contribution in [3.63, 3.8) is 0 Å². The Labute approximate surface area is 67.0 Å². The van der Waals surface area contributed by atoms with E-state index in [1.165, 1.54) is 0 Å². The fourth-order valence-corrected chi connectivity index (χ4v) is 0.904. The molecule has 0 saturated heterocycles. The molecule has 0 rings (SSSR count). The molecule has 11 heavy (non-hydrogen) atoms. The van der Waals surface area contributed by atoms with E-state index in [0.717, 1.165) is 12.8 Å². The van der Waals surface area contributed by atoms with Crippen molar-refractivity contribution in [1.29, 1.82) is 0 Å². The molecule has 0 bridgehead atoms. The molecule has 0 aromatic rings. The number of carboxylic acid groups (broad SMARTS) is 1. The maximum atomic E-state index is 10.5. The number of carbonyl (C=O) groups is 1. The lowest BCUT2D eigenvalue weighted by molar-refractivity contribution is -0.159. The highest BCUT2D eigenvalue weighted by atomic mass is 16.4. The monoisotopic (exact) mass is 160 g/mol. The van der Waals surface area contributed by atoms with E-state index in [2.05, 4.69) is 0 Å². The van der Waals surface area contributed by atoms with Crippen LogP contribution in [-0.2, 0) is 4.79 Å². The van der Waals surface area contributed by atoms with Crippen LogP contribution in [0.1, 0.15) is 39.5 Å². The van der Waals surface area contributed by atoms with E-state index >= 15 is 0 Å². The highest BCUT2D eigenvalue weighted by Gasteiger charge is 2.32. The SMILES string of the molecule is CCCC[C@@](O)(CC)C(=O)O. The van der Waals surface area contributed by atoms with Crippen LogP contribution < -0.4 is 0 Å². The summed E-state index contributed by atoms with van der Waals surface area (Å²) in [6.07, 6.45) is 2.31. The first-order valence-electron chi connectivity index (χ1n) is 4.02. The fourth-order valence-electron chi connectivity index (χ4n) is 0.904. The van der Waals surface area contributed by atoms with Crippen LogP contribution in [0.4, 0.5) is 0 Å². The highest BCUT2D eigenvalue weighted by molar-refractivity contribution is 5.76. The molecule has 0 aromatic heterocycles. The molecule has 0 amide bonds. The molecule has 0 aliphatic carbocycles. The van der Waals surface area contributed by atoms with Crippen LogP contribution >= 0.6 is 0 Å². The van der Waals surface area contributed by atoms with Crippen LogP contribution in [0.25, 0.3) is 0 Å². The standard InChI is InChI=1S/C8H16O3/c1-3-5-6-8(11,4-2)7(9)10/h11H,3-6H2,1-2H3,(H,9,10)/t8-/m0/s1. The summed E-state index contributed by atoms with van der Waals surface area (Å²) in [6.45, 7) is 3.65. The minimum absolute atomic E-state index is 0.280. The number of unbranched alkanes of at least 4 members (excludes halogenated alkanes) is 1. The van der Waals surface area contributed by atoms with E-state index in [4.69, 9.17) is 5.11 Å². The molecule has 0 radical (unpaired) electrons. The van der Waals surface area contributed by atoms with Gasteiger partial charge < -0.3 is 10.2 Å². The zero-order valence-electron chi connectivity index (χ0n) is 7.13. The van der Waals surface area contributed by atoms with Crippen molar-refractivity contribution in [1.82, 2.24) is 0 Å². The molecule has 0 aromatic carbocycles. The number of carboxylic acids is 1. The van der Waals surface area contributed by atoms with Crippen LogP contribution in [0, 0.1) is 0 Å². The quantitative estimate of drug-likeness (QED) is 0.639. The first kappa shape index (κ1) is 10.4. The number of aliphatic carboxylic acids is 1. The summed E-state index contributed by atoms with van der Waals surface area (Å²) in [5, 5.41) is 18.0. The van der Waals surface area contributed by atoms with Crippen molar-refractivity contribution in [2.45, 2.75) is 45.1 Å². The summed E-state index contributed by atoms with van der Waals surface area (Å²) in [4.78, 5) is 10.5. The molecule has 0 saturated carbocycles. The Morgan fingerprint density at radius 3 is 2.27 bits per heavy atom. The summed E-state index contributed by atoms with van der Waals surface area (Å²) in [7, 11) is 0. The molecule has 0 fully saturated rings. The van der Waals surface area contributed by atoms with E-state index < -0.39 is 11.6 Å². The van der Waals surface area contributed by atoms with Crippen molar-refractivity contribution in [3.05, 3.63) is 0 Å². The van der Waals surface area contributed by atoms with E-state index in [0.29, 0.717) is 6.42 Å². The molecule has 0 heterocycles. The first-order valence-corrected chi connectivity index (χ1v) is 4.02. The minimum atomic E-state index is -1.49. The van der Waals surface area contributed by atoms with E-state index in [-0.39, 0.29) is 6.42 Å². The predicted molar refractivity (Wildman–Crippen MR) is 42.4 cm³/mol. The minimum Gasteiger partial charge on any atom is -0.479 e. The van der Waals surface area contributed by atoms with E-state index in [9.17, 15) is 9.90 Å². The maximum Gasteiger partial charge on any atom is 0.335 e. The van der Waals surface area contributed by atoms with Gasteiger partial charge >= 0.3 is 5.97 Å². The second-order valence-electron chi connectivity index (χ2n) is 2.79. The van der Waals surface area contributed by atoms with Gasteiger partial charge in [0, 0.05) is 0 Å². The fraction of sp³-hybridized carbons (Fsp3) is 0.875. The zero-order chi connectivity index (χ0) is 8.91. The largest absolute Gasteiger partial charge is 0.479 e. The number of hydrogen-bond acceptors (Lipinski definition) is 2. The summed E-state index contributed by atoms with van der Waals surface area (Å²) >= 11 is 0. The van der Waals surface area contributed by atoms with Crippen LogP contribution in [0.2, 0.25) is 0 Å². The van der Waals surface area contributed by atoms with Gasteiger partial charge in [0.25, 0.3) is 0 Å². The Balaban J connectivity index is 3.99. The normalized spacial score (nSPS) is 15.9. The van der Waals surface area contributed by atoms with Crippen molar-refractivity contribution >= 4 is 5.97 Å². The average Bonchev–Trinajstić information content (AvgIpc) is 2.00. The zero-order valence-corrected chi connectivity index (χ0v) is 7.13. The molecule has 3 nitrogen and oxygen atoms in total. The van der Waals surface area contributed by atoms with E-state index in [1.54, 1.807) is 6.92 Å². The van der Waals surface area contributed by atoms with Gasteiger partial charge in [-0.25, -0.2) is 4.79 Å². The number of hydrogen-bond donors (Lipinski definition) is 2. The Kier molecular flexibility index (Phi) is 4.11. The van der Waals surface area contributed by atoms with Gasteiger partial charge in [-0.1, -0.05) is 26.7 Å². The third kappa shape index (κ3) is 2.89. The predicted octanol–water partition coefficient (Wildman–Crippen LogP) is 1.40. The van der Waals surface area contributed by atoms with Crippen molar-refractivity contribution in [2.75, 3.05) is 0 Å². The first-order chi connectivity index (χ1) is 5.06. The second-order valence-corrected chi connectivity index (χ2v) is 2.79. The van der Waals surface area contributed by atoms with Gasteiger partial charge in [0.05, 0.1) is 0 Å².